The van der Waals surface area contributed by atoms with E-state index in [1.165, 1.54) is 6.07 Å². The number of aromatic carboxylic acids is 1. The zero-order valence-corrected chi connectivity index (χ0v) is 10.9. The number of carboxylic acid groups (broad SMARTS) is 1. The Labute approximate surface area is 115 Å². The highest BCUT2D eigenvalue weighted by Gasteiger charge is 2.28. The van der Waals surface area contributed by atoms with E-state index < -0.39 is 5.97 Å². The number of hydrogen-bond donors (Lipinski definition) is 1. The number of aryl methyl sites for hydroxylation is 1. The third-order valence-electron chi connectivity index (χ3n) is 3.36. The van der Waals surface area contributed by atoms with E-state index in [1.54, 1.807) is 27.9 Å². The summed E-state index contributed by atoms with van der Waals surface area (Å²) < 4.78 is 1.67. The first-order valence-corrected chi connectivity index (χ1v) is 6.18. The highest BCUT2D eigenvalue weighted by atomic mass is 16.4. The van der Waals surface area contributed by atoms with Gasteiger partial charge in [-0.05, 0) is 17.7 Å². The summed E-state index contributed by atoms with van der Waals surface area (Å²) in [6.07, 6.45) is 3.86. The minimum Gasteiger partial charge on any atom is -0.478 e. The fourth-order valence-electron chi connectivity index (χ4n) is 2.40. The van der Waals surface area contributed by atoms with Crippen molar-refractivity contribution in [3.05, 3.63) is 47.3 Å². The van der Waals surface area contributed by atoms with Crippen LogP contribution in [0.5, 0.6) is 0 Å². The Hall–Kier alpha value is -2.63. The maximum Gasteiger partial charge on any atom is 0.335 e. The van der Waals surface area contributed by atoms with Crippen molar-refractivity contribution in [2.24, 2.45) is 7.05 Å². The number of hydrogen-bond acceptors (Lipinski definition) is 3. The molecule has 1 aromatic heterocycles. The lowest BCUT2D eigenvalue weighted by atomic mass is 10.1. The molecule has 0 unspecified atom stereocenters. The van der Waals surface area contributed by atoms with E-state index in [4.69, 9.17) is 5.11 Å². The summed E-state index contributed by atoms with van der Waals surface area (Å²) in [4.78, 5) is 24.7. The summed E-state index contributed by atoms with van der Waals surface area (Å²) in [6.45, 7) is 0.406. The fourth-order valence-corrected chi connectivity index (χ4v) is 2.40. The molecule has 0 aliphatic carbocycles. The number of benzene rings is 1. The molecule has 1 aromatic carbocycles. The fraction of sp³-hybridized carbons (Fsp3) is 0.214. The predicted octanol–water partition coefficient (Wildman–Crippen LogP) is 1.21. The molecule has 0 saturated heterocycles. The van der Waals surface area contributed by atoms with Gasteiger partial charge in [0, 0.05) is 24.5 Å². The Balaban J connectivity index is 1.95. The third kappa shape index (κ3) is 2.05. The molecule has 0 atom stereocenters. The summed E-state index contributed by atoms with van der Waals surface area (Å²) in [6, 6.07) is 4.79. The number of amides is 1. The molecule has 102 valence electrons. The molecule has 0 fully saturated rings. The Morgan fingerprint density at radius 1 is 1.45 bits per heavy atom. The van der Waals surface area contributed by atoms with E-state index in [0.29, 0.717) is 18.7 Å². The van der Waals surface area contributed by atoms with Gasteiger partial charge >= 0.3 is 5.97 Å². The van der Waals surface area contributed by atoms with Crippen LogP contribution in [-0.4, -0.2) is 26.8 Å². The number of anilines is 1. The van der Waals surface area contributed by atoms with Crippen LogP contribution in [0.2, 0.25) is 0 Å². The Bertz CT molecular complexity index is 705. The largest absolute Gasteiger partial charge is 0.478 e. The molecule has 0 saturated carbocycles. The minimum absolute atomic E-state index is 0.0219. The number of aromatic nitrogens is 2. The molecule has 1 amide bonds. The van der Waals surface area contributed by atoms with Crippen molar-refractivity contribution in [2.45, 2.75) is 13.0 Å². The quantitative estimate of drug-likeness (QED) is 0.910. The van der Waals surface area contributed by atoms with Crippen molar-refractivity contribution in [3.63, 3.8) is 0 Å². The number of carbonyl (C=O) groups is 2. The van der Waals surface area contributed by atoms with E-state index in [2.05, 4.69) is 5.10 Å². The summed E-state index contributed by atoms with van der Waals surface area (Å²) in [5.74, 6) is -1.01. The van der Waals surface area contributed by atoms with Crippen LogP contribution in [0.3, 0.4) is 0 Å². The summed E-state index contributed by atoms with van der Waals surface area (Å²) in [7, 11) is 1.81. The van der Waals surface area contributed by atoms with Gasteiger partial charge < -0.3 is 10.0 Å². The van der Waals surface area contributed by atoms with E-state index in [9.17, 15) is 9.59 Å². The molecule has 2 aromatic rings. The predicted molar refractivity (Wildman–Crippen MR) is 71.5 cm³/mol. The summed E-state index contributed by atoms with van der Waals surface area (Å²) in [5, 5.41) is 13.1. The van der Waals surface area contributed by atoms with Gasteiger partial charge in [0.1, 0.15) is 0 Å². The lowest BCUT2D eigenvalue weighted by molar-refractivity contribution is -0.117. The van der Waals surface area contributed by atoms with Crippen LogP contribution in [0.4, 0.5) is 5.69 Å². The van der Waals surface area contributed by atoms with E-state index >= 15 is 0 Å². The lowest BCUT2D eigenvalue weighted by Crippen LogP contribution is -2.25. The highest BCUT2D eigenvalue weighted by molar-refractivity contribution is 6.02. The van der Waals surface area contributed by atoms with Gasteiger partial charge in [-0.15, -0.1) is 0 Å². The van der Waals surface area contributed by atoms with Gasteiger partial charge in [0.05, 0.1) is 24.7 Å². The maximum absolute atomic E-state index is 12.1. The first-order chi connectivity index (χ1) is 9.54. The van der Waals surface area contributed by atoms with Crippen LogP contribution in [0.15, 0.2) is 30.6 Å². The Morgan fingerprint density at radius 3 is 2.90 bits per heavy atom. The number of nitrogens with zero attached hydrogens (tertiary/aromatic N) is 3. The monoisotopic (exact) mass is 271 g/mol. The molecule has 0 bridgehead atoms. The first kappa shape index (κ1) is 12.4. The molecule has 1 aliphatic heterocycles. The van der Waals surface area contributed by atoms with Crippen LogP contribution in [0.25, 0.3) is 0 Å². The third-order valence-corrected chi connectivity index (χ3v) is 3.36. The summed E-state index contributed by atoms with van der Waals surface area (Å²) >= 11 is 0. The molecular formula is C14H13N3O3. The van der Waals surface area contributed by atoms with Crippen LogP contribution in [0.1, 0.15) is 21.5 Å². The molecule has 1 N–H and O–H groups in total. The molecule has 20 heavy (non-hydrogen) atoms. The standard InChI is InChI=1S/C14H13N3O3/c1-16-7-9(6-15-16)8-17-12-4-11(14(19)20)3-2-10(12)5-13(17)18/h2-4,6-7H,5,8H2,1H3,(H,19,20). The molecule has 6 heteroatoms. The van der Waals surface area contributed by atoms with Gasteiger partial charge in [0.25, 0.3) is 0 Å². The number of rotatable bonds is 3. The van der Waals surface area contributed by atoms with Crippen molar-refractivity contribution in [3.8, 4) is 0 Å². The molecule has 0 radical (unpaired) electrons. The van der Waals surface area contributed by atoms with Gasteiger partial charge in [-0.25, -0.2) is 4.79 Å². The smallest absolute Gasteiger partial charge is 0.335 e. The topological polar surface area (TPSA) is 75.4 Å². The van der Waals surface area contributed by atoms with Crippen LogP contribution in [0, 0.1) is 0 Å². The minimum atomic E-state index is -0.992. The zero-order valence-electron chi connectivity index (χ0n) is 10.9. The number of carboxylic acids is 1. The zero-order chi connectivity index (χ0) is 14.3. The van der Waals surface area contributed by atoms with Gasteiger partial charge in [-0.2, -0.15) is 5.10 Å². The number of carbonyl (C=O) groups excluding carboxylic acids is 1. The van der Waals surface area contributed by atoms with Gasteiger partial charge in [-0.1, -0.05) is 6.07 Å². The van der Waals surface area contributed by atoms with Crippen molar-refractivity contribution in [1.82, 2.24) is 9.78 Å². The SMILES string of the molecule is Cn1cc(CN2C(=O)Cc3ccc(C(=O)O)cc32)cn1. The molecule has 2 heterocycles. The number of fused-ring (bicyclic) bond motifs is 1. The second-order valence-electron chi connectivity index (χ2n) is 4.83. The van der Waals surface area contributed by atoms with Crippen molar-refractivity contribution >= 4 is 17.6 Å². The lowest BCUT2D eigenvalue weighted by Gasteiger charge is -2.16. The van der Waals surface area contributed by atoms with Crippen molar-refractivity contribution < 1.29 is 14.7 Å². The Morgan fingerprint density at radius 2 is 2.25 bits per heavy atom. The summed E-state index contributed by atoms with van der Waals surface area (Å²) in [5.41, 5.74) is 2.65. The van der Waals surface area contributed by atoms with E-state index in [-0.39, 0.29) is 11.5 Å². The van der Waals surface area contributed by atoms with Gasteiger partial charge in [0.2, 0.25) is 5.91 Å². The van der Waals surface area contributed by atoms with Crippen LogP contribution < -0.4 is 4.90 Å². The first-order valence-electron chi connectivity index (χ1n) is 6.18. The maximum atomic E-state index is 12.1. The molecule has 3 rings (SSSR count). The Kier molecular flexibility index (Phi) is 2.78. The average molecular weight is 271 g/mol. The molecule has 6 nitrogen and oxygen atoms in total. The van der Waals surface area contributed by atoms with E-state index in [1.807, 2.05) is 13.2 Å². The normalized spacial score (nSPS) is 13.7. The molecule has 0 spiro atoms. The van der Waals surface area contributed by atoms with Crippen molar-refractivity contribution in [1.29, 1.82) is 0 Å². The molecular weight excluding hydrogens is 258 g/mol. The van der Waals surface area contributed by atoms with Gasteiger partial charge in [-0.3, -0.25) is 9.48 Å². The van der Waals surface area contributed by atoms with Crippen LogP contribution in [-0.2, 0) is 24.8 Å². The second-order valence-corrected chi connectivity index (χ2v) is 4.83. The average Bonchev–Trinajstić information content (AvgIpc) is 2.94. The van der Waals surface area contributed by atoms with Crippen molar-refractivity contribution in [2.75, 3.05) is 4.90 Å². The second kappa shape index (κ2) is 4.48. The highest BCUT2D eigenvalue weighted by Crippen LogP contribution is 2.31. The van der Waals surface area contributed by atoms with Gasteiger partial charge in [0.15, 0.2) is 0 Å². The van der Waals surface area contributed by atoms with Crippen LogP contribution >= 0.6 is 0 Å². The van der Waals surface area contributed by atoms with E-state index in [0.717, 1.165) is 11.1 Å². The molecule has 1 aliphatic rings.